The third-order valence-electron chi connectivity index (χ3n) is 1.82. The van der Waals surface area contributed by atoms with Crippen molar-refractivity contribution in [3.05, 3.63) is 29.7 Å². The minimum atomic E-state index is -0.539. The van der Waals surface area contributed by atoms with E-state index in [0.717, 1.165) is 6.20 Å². The Morgan fingerprint density at radius 2 is 2.38 bits per heavy atom. The first-order valence-corrected chi connectivity index (χ1v) is 4.89. The Labute approximate surface area is 95.5 Å². The molecule has 8 heteroatoms. The molecule has 0 spiro atoms. The number of nitrogens with zero attached hydrogens (tertiary/aromatic N) is 5. The topological polar surface area (TPSA) is 68.5 Å². The molecular formula is C8H8ClFN6. The van der Waals surface area contributed by atoms with Crippen molar-refractivity contribution in [3.63, 3.8) is 0 Å². The predicted octanol–water partition coefficient (Wildman–Crippen LogP) is 0.973. The van der Waals surface area contributed by atoms with E-state index in [2.05, 4.69) is 25.6 Å². The van der Waals surface area contributed by atoms with Gasteiger partial charge in [-0.25, -0.2) is 9.37 Å². The molecule has 1 N–H and O–H groups in total. The molecular weight excluding hydrogens is 235 g/mol. The van der Waals surface area contributed by atoms with Gasteiger partial charge in [0, 0.05) is 12.7 Å². The van der Waals surface area contributed by atoms with Crippen LogP contribution >= 0.6 is 11.6 Å². The number of hydrogen-bond acceptors (Lipinski definition) is 5. The molecule has 0 aliphatic rings. The Bertz CT molecular complexity index is 460. The molecule has 6 nitrogen and oxygen atoms in total. The summed E-state index contributed by atoms with van der Waals surface area (Å²) in [5.74, 6) is -0.455. The molecule has 0 aliphatic heterocycles. The second-order valence-corrected chi connectivity index (χ2v) is 3.27. The summed E-state index contributed by atoms with van der Waals surface area (Å²) >= 11 is 5.54. The normalized spacial score (nSPS) is 10.4. The molecule has 84 valence electrons. The molecule has 0 saturated heterocycles. The van der Waals surface area contributed by atoms with Gasteiger partial charge in [-0.2, -0.15) is 4.98 Å². The molecule has 0 fully saturated rings. The van der Waals surface area contributed by atoms with Crippen LogP contribution in [0.5, 0.6) is 0 Å². The maximum absolute atomic E-state index is 13.2. The van der Waals surface area contributed by atoms with E-state index in [-0.39, 0.29) is 11.1 Å². The van der Waals surface area contributed by atoms with Crippen molar-refractivity contribution in [3.8, 4) is 0 Å². The Kier molecular flexibility index (Phi) is 3.25. The fourth-order valence-corrected chi connectivity index (χ4v) is 1.24. The molecule has 0 aromatic carbocycles. The lowest BCUT2D eigenvalue weighted by Gasteiger charge is -2.05. The summed E-state index contributed by atoms with van der Waals surface area (Å²) in [6.07, 6.45) is 4.31. The van der Waals surface area contributed by atoms with Crippen molar-refractivity contribution in [2.75, 3.05) is 11.9 Å². The maximum Gasteiger partial charge on any atom is 0.224 e. The summed E-state index contributed by atoms with van der Waals surface area (Å²) in [6, 6.07) is 0. The average molecular weight is 243 g/mol. The van der Waals surface area contributed by atoms with Crippen molar-refractivity contribution in [2.45, 2.75) is 6.54 Å². The van der Waals surface area contributed by atoms with Gasteiger partial charge in [0.2, 0.25) is 5.28 Å². The molecule has 2 heterocycles. The molecule has 0 unspecified atom stereocenters. The highest BCUT2D eigenvalue weighted by Crippen LogP contribution is 2.11. The van der Waals surface area contributed by atoms with Gasteiger partial charge in [0.1, 0.15) is 0 Å². The van der Waals surface area contributed by atoms with Crippen molar-refractivity contribution in [1.82, 2.24) is 25.0 Å². The van der Waals surface area contributed by atoms with Gasteiger partial charge in [0.05, 0.1) is 18.9 Å². The first-order valence-electron chi connectivity index (χ1n) is 4.52. The molecule has 0 radical (unpaired) electrons. The summed E-state index contributed by atoms with van der Waals surface area (Å²) in [7, 11) is 0. The lowest BCUT2D eigenvalue weighted by atomic mass is 10.5. The van der Waals surface area contributed by atoms with E-state index in [9.17, 15) is 4.39 Å². The Balaban J connectivity index is 1.92. The Hall–Kier alpha value is -1.76. The van der Waals surface area contributed by atoms with E-state index < -0.39 is 5.82 Å². The number of halogens is 2. The number of hydrogen-bond donors (Lipinski definition) is 1. The highest BCUT2D eigenvalue weighted by atomic mass is 35.5. The second kappa shape index (κ2) is 4.84. The minimum absolute atomic E-state index is 0.00431. The zero-order valence-electron chi connectivity index (χ0n) is 8.14. The van der Waals surface area contributed by atoms with Crippen LogP contribution in [0.2, 0.25) is 5.28 Å². The number of aromatic nitrogens is 5. The summed E-state index contributed by atoms with van der Waals surface area (Å²) in [5.41, 5.74) is 0. The molecule has 0 atom stereocenters. The first-order chi connectivity index (χ1) is 7.75. The Morgan fingerprint density at radius 1 is 1.50 bits per heavy atom. The van der Waals surface area contributed by atoms with Crippen molar-refractivity contribution in [2.24, 2.45) is 0 Å². The summed E-state index contributed by atoms with van der Waals surface area (Å²) in [5, 5.41) is 10.2. The number of nitrogens with one attached hydrogen (secondary N) is 1. The fraction of sp³-hybridized carbons (Fsp3) is 0.250. The highest BCUT2D eigenvalue weighted by Gasteiger charge is 2.04. The first kappa shape index (κ1) is 10.7. The zero-order chi connectivity index (χ0) is 11.4. The van der Waals surface area contributed by atoms with Gasteiger partial charge in [-0.05, 0) is 11.6 Å². The van der Waals surface area contributed by atoms with Crippen LogP contribution in [-0.4, -0.2) is 31.5 Å². The fourth-order valence-electron chi connectivity index (χ4n) is 1.11. The van der Waals surface area contributed by atoms with Gasteiger partial charge in [0.25, 0.3) is 0 Å². The number of anilines is 1. The lowest BCUT2D eigenvalue weighted by molar-refractivity contribution is 0.595. The zero-order valence-corrected chi connectivity index (χ0v) is 8.89. The number of rotatable bonds is 4. The van der Waals surface area contributed by atoms with Crippen molar-refractivity contribution in [1.29, 1.82) is 0 Å². The van der Waals surface area contributed by atoms with Gasteiger partial charge in [-0.1, -0.05) is 5.21 Å². The molecule has 2 rings (SSSR count). The van der Waals surface area contributed by atoms with Gasteiger partial charge in [-0.3, -0.25) is 4.68 Å². The molecule has 0 bridgehead atoms. The molecule has 16 heavy (non-hydrogen) atoms. The van der Waals surface area contributed by atoms with Gasteiger partial charge >= 0.3 is 0 Å². The summed E-state index contributed by atoms with van der Waals surface area (Å²) < 4.78 is 14.8. The minimum Gasteiger partial charge on any atom is -0.366 e. The molecule has 2 aromatic rings. The molecule has 0 amide bonds. The van der Waals surface area contributed by atoms with Crippen LogP contribution in [0.1, 0.15) is 0 Å². The predicted molar refractivity (Wildman–Crippen MR) is 55.5 cm³/mol. The third kappa shape index (κ3) is 2.63. The lowest BCUT2D eigenvalue weighted by Crippen LogP contribution is -2.13. The van der Waals surface area contributed by atoms with E-state index in [1.165, 1.54) is 0 Å². The van der Waals surface area contributed by atoms with E-state index in [4.69, 9.17) is 11.6 Å². The smallest absolute Gasteiger partial charge is 0.224 e. The maximum atomic E-state index is 13.2. The van der Waals surface area contributed by atoms with Gasteiger partial charge in [-0.15, -0.1) is 5.10 Å². The van der Waals surface area contributed by atoms with Crippen LogP contribution in [0.4, 0.5) is 10.2 Å². The molecule has 0 saturated carbocycles. The van der Waals surface area contributed by atoms with Crippen LogP contribution in [0, 0.1) is 5.82 Å². The summed E-state index contributed by atoms with van der Waals surface area (Å²) in [6.45, 7) is 1.02. The van der Waals surface area contributed by atoms with Crippen LogP contribution in [-0.2, 0) is 6.54 Å². The second-order valence-electron chi connectivity index (χ2n) is 2.93. The largest absolute Gasteiger partial charge is 0.366 e. The van der Waals surface area contributed by atoms with E-state index in [0.29, 0.717) is 13.1 Å². The monoisotopic (exact) mass is 242 g/mol. The standard InChI is InChI=1S/C8H8ClFN6/c9-8-12-5-6(10)7(14-8)11-1-3-16-4-2-13-15-16/h2,4-5H,1,3H2,(H,11,12,14). The van der Waals surface area contributed by atoms with Crippen LogP contribution in [0.3, 0.4) is 0 Å². The van der Waals surface area contributed by atoms with E-state index in [1.807, 2.05) is 0 Å². The highest BCUT2D eigenvalue weighted by molar-refractivity contribution is 6.28. The third-order valence-corrected chi connectivity index (χ3v) is 2.00. The Morgan fingerprint density at radius 3 is 3.12 bits per heavy atom. The molecule has 0 aliphatic carbocycles. The van der Waals surface area contributed by atoms with Crippen LogP contribution < -0.4 is 5.32 Å². The summed E-state index contributed by atoms with van der Waals surface area (Å²) in [4.78, 5) is 7.22. The van der Waals surface area contributed by atoms with Crippen molar-refractivity contribution >= 4 is 17.4 Å². The van der Waals surface area contributed by atoms with Crippen molar-refractivity contribution < 1.29 is 4.39 Å². The SMILES string of the molecule is Fc1cnc(Cl)nc1NCCn1ccnn1. The van der Waals surface area contributed by atoms with Crippen LogP contribution in [0.25, 0.3) is 0 Å². The van der Waals surface area contributed by atoms with E-state index >= 15 is 0 Å². The van der Waals surface area contributed by atoms with E-state index in [1.54, 1.807) is 17.1 Å². The molecule has 2 aromatic heterocycles. The van der Waals surface area contributed by atoms with Gasteiger partial charge in [0.15, 0.2) is 11.6 Å². The van der Waals surface area contributed by atoms with Gasteiger partial charge < -0.3 is 5.32 Å². The average Bonchev–Trinajstić information content (AvgIpc) is 2.76. The van der Waals surface area contributed by atoms with Crippen LogP contribution in [0.15, 0.2) is 18.6 Å². The quantitative estimate of drug-likeness (QED) is 0.810.